The van der Waals surface area contributed by atoms with E-state index in [4.69, 9.17) is 32.7 Å². The van der Waals surface area contributed by atoms with Gasteiger partial charge in [0.2, 0.25) is 5.78 Å². The highest BCUT2D eigenvalue weighted by molar-refractivity contribution is 6.35. The van der Waals surface area contributed by atoms with E-state index in [0.29, 0.717) is 21.9 Å². The van der Waals surface area contributed by atoms with Gasteiger partial charge in [-0.25, -0.2) is 4.79 Å². The molecular weight excluding hydrogens is 411 g/mol. The highest BCUT2D eigenvalue weighted by Crippen LogP contribution is 2.28. The Morgan fingerprint density at radius 3 is 2.28 bits per heavy atom. The van der Waals surface area contributed by atoms with Crippen LogP contribution in [0.5, 0.6) is 5.75 Å². The smallest absolute Gasteiger partial charge is 0.345 e. The lowest BCUT2D eigenvalue weighted by atomic mass is 9.99. The third kappa shape index (κ3) is 5.59. The summed E-state index contributed by atoms with van der Waals surface area (Å²) >= 11 is 11.9. The van der Waals surface area contributed by atoms with Gasteiger partial charge >= 0.3 is 5.97 Å². The van der Waals surface area contributed by atoms with Crippen LogP contribution in [0.15, 0.2) is 72.8 Å². The van der Waals surface area contributed by atoms with E-state index in [1.165, 1.54) is 6.07 Å². The summed E-state index contributed by atoms with van der Waals surface area (Å²) in [6.45, 7) is 1.54. The number of ether oxygens (including phenoxy) is 2. The maximum Gasteiger partial charge on any atom is 0.345 e. The fourth-order valence-corrected chi connectivity index (χ4v) is 3.13. The molecule has 1 unspecified atom stereocenters. The Labute approximate surface area is 179 Å². The van der Waals surface area contributed by atoms with E-state index in [1.54, 1.807) is 48.5 Å². The standard InChI is InChI=1S/C23H18Cl2O4/c1-15-7-9-16(10-8-15)22(27)23(17-5-3-2-4-6-17)29-21(26)14-28-20-12-11-18(24)13-19(20)25/h2-13,23H,14H2,1H3. The summed E-state index contributed by atoms with van der Waals surface area (Å²) in [5.41, 5.74) is 2.07. The SMILES string of the molecule is Cc1ccc(C(=O)C(OC(=O)COc2ccc(Cl)cc2Cl)c2ccccc2)cc1. The normalized spacial score (nSPS) is 11.6. The number of aryl methyl sites for hydroxylation is 1. The molecule has 0 saturated heterocycles. The topological polar surface area (TPSA) is 52.6 Å². The van der Waals surface area contributed by atoms with Gasteiger partial charge in [0.1, 0.15) is 5.75 Å². The van der Waals surface area contributed by atoms with Crippen LogP contribution in [0, 0.1) is 6.92 Å². The van der Waals surface area contributed by atoms with Crippen LogP contribution in [-0.2, 0) is 9.53 Å². The summed E-state index contributed by atoms with van der Waals surface area (Å²) in [5.74, 6) is -0.700. The first kappa shape index (κ1) is 20.9. The van der Waals surface area contributed by atoms with Crippen LogP contribution in [0.1, 0.15) is 27.6 Å². The lowest BCUT2D eigenvalue weighted by Gasteiger charge is -2.18. The molecule has 0 spiro atoms. The number of Topliss-reactive ketones (excluding diaryl/α,β-unsaturated/α-hetero) is 1. The van der Waals surface area contributed by atoms with E-state index < -0.39 is 18.7 Å². The molecule has 0 aliphatic carbocycles. The Kier molecular flexibility index (Phi) is 6.91. The minimum atomic E-state index is -1.07. The zero-order valence-corrected chi connectivity index (χ0v) is 17.1. The average molecular weight is 429 g/mol. The van der Waals surface area contributed by atoms with Gasteiger partial charge in [0, 0.05) is 16.1 Å². The van der Waals surface area contributed by atoms with Crippen molar-refractivity contribution >= 4 is 35.0 Å². The second-order valence-corrected chi connectivity index (χ2v) is 7.22. The molecule has 0 radical (unpaired) electrons. The van der Waals surface area contributed by atoms with Crippen LogP contribution in [0.3, 0.4) is 0 Å². The van der Waals surface area contributed by atoms with Crippen LogP contribution in [0.2, 0.25) is 10.0 Å². The summed E-state index contributed by atoms with van der Waals surface area (Å²) in [6.07, 6.45) is -1.07. The summed E-state index contributed by atoms with van der Waals surface area (Å²) in [7, 11) is 0. The van der Waals surface area contributed by atoms with Crippen molar-refractivity contribution in [1.82, 2.24) is 0 Å². The van der Waals surface area contributed by atoms with Crippen LogP contribution in [0.4, 0.5) is 0 Å². The molecule has 0 amide bonds. The summed E-state index contributed by atoms with van der Waals surface area (Å²) in [4.78, 5) is 25.4. The molecule has 0 aliphatic rings. The van der Waals surface area contributed by atoms with Gasteiger partial charge in [0.25, 0.3) is 0 Å². The Balaban J connectivity index is 1.75. The molecule has 0 aliphatic heterocycles. The number of ketones is 1. The molecule has 3 rings (SSSR count). The number of halogens is 2. The van der Waals surface area contributed by atoms with E-state index >= 15 is 0 Å². The van der Waals surface area contributed by atoms with Crippen molar-refractivity contribution < 1.29 is 19.1 Å². The van der Waals surface area contributed by atoms with Gasteiger partial charge in [-0.2, -0.15) is 0 Å². The maximum absolute atomic E-state index is 13.0. The molecule has 1 atom stereocenters. The Morgan fingerprint density at radius 2 is 1.62 bits per heavy atom. The monoisotopic (exact) mass is 428 g/mol. The van der Waals surface area contributed by atoms with Crippen molar-refractivity contribution in [2.24, 2.45) is 0 Å². The molecule has 0 saturated carbocycles. The molecule has 4 nitrogen and oxygen atoms in total. The number of esters is 1. The zero-order valence-electron chi connectivity index (χ0n) is 15.6. The van der Waals surface area contributed by atoms with E-state index in [-0.39, 0.29) is 10.8 Å². The van der Waals surface area contributed by atoms with Gasteiger partial charge in [-0.05, 0) is 25.1 Å². The first-order valence-electron chi connectivity index (χ1n) is 8.87. The summed E-state index contributed by atoms with van der Waals surface area (Å²) in [6, 6.07) is 20.6. The first-order valence-corrected chi connectivity index (χ1v) is 9.63. The average Bonchev–Trinajstić information content (AvgIpc) is 2.72. The maximum atomic E-state index is 13.0. The minimum Gasteiger partial charge on any atom is -0.480 e. The van der Waals surface area contributed by atoms with E-state index in [0.717, 1.165) is 5.56 Å². The highest BCUT2D eigenvalue weighted by atomic mass is 35.5. The molecule has 0 fully saturated rings. The van der Waals surface area contributed by atoms with Crippen molar-refractivity contribution in [2.45, 2.75) is 13.0 Å². The van der Waals surface area contributed by atoms with Crippen molar-refractivity contribution in [3.63, 3.8) is 0 Å². The molecule has 6 heteroatoms. The van der Waals surface area contributed by atoms with E-state index in [2.05, 4.69) is 0 Å². The Hall–Kier alpha value is -2.82. The Morgan fingerprint density at radius 1 is 0.931 bits per heavy atom. The third-order valence-electron chi connectivity index (χ3n) is 4.17. The van der Waals surface area contributed by atoms with E-state index in [1.807, 2.05) is 25.1 Å². The number of carbonyl (C=O) groups is 2. The van der Waals surface area contributed by atoms with Crippen LogP contribution in [0.25, 0.3) is 0 Å². The van der Waals surface area contributed by atoms with Gasteiger partial charge in [-0.15, -0.1) is 0 Å². The lowest BCUT2D eigenvalue weighted by Crippen LogP contribution is -2.23. The quantitative estimate of drug-likeness (QED) is 0.349. The number of carbonyl (C=O) groups excluding carboxylic acids is 2. The molecule has 0 N–H and O–H groups in total. The van der Waals surface area contributed by atoms with Crippen molar-refractivity contribution in [2.75, 3.05) is 6.61 Å². The van der Waals surface area contributed by atoms with E-state index in [9.17, 15) is 9.59 Å². The molecule has 0 aromatic heterocycles. The predicted octanol–water partition coefficient (Wildman–Crippen LogP) is 5.85. The largest absolute Gasteiger partial charge is 0.480 e. The Bertz CT molecular complexity index is 1000. The molecule has 148 valence electrons. The number of benzene rings is 3. The molecular formula is C23H18Cl2O4. The second-order valence-electron chi connectivity index (χ2n) is 6.37. The fourth-order valence-electron chi connectivity index (χ4n) is 2.66. The third-order valence-corrected chi connectivity index (χ3v) is 4.70. The molecule has 0 bridgehead atoms. The molecule has 29 heavy (non-hydrogen) atoms. The van der Waals surface area contributed by atoms with Crippen LogP contribution >= 0.6 is 23.2 Å². The van der Waals surface area contributed by atoms with Crippen LogP contribution < -0.4 is 4.74 Å². The molecule has 3 aromatic rings. The minimum absolute atomic E-state index is 0.278. The molecule has 3 aromatic carbocycles. The predicted molar refractivity (Wildman–Crippen MR) is 113 cm³/mol. The molecule has 0 heterocycles. The van der Waals surface area contributed by atoms with Crippen molar-refractivity contribution in [3.8, 4) is 5.75 Å². The van der Waals surface area contributed by atoms with Crippen molar-refractivity contribution in [1.29, 1.82) is 0 Å². The number of rotatable bonds is 7. The van der Waals surface area contributed by atoms with Gasteiger partial charge in [0.05, 0.1) is 5.02 Å². The first-order chi connectivity index (χ1) is 13.9. The summed E-state index contributed by atoms with van der Waals surface area (Å²) in [5, 5.41) is 0.735. The van der Waals surface area contributed by atoms with Crippen molar-refractivity contribution in [3.05, 3.63) is 99.5 Å². The van der Waals surface area contributed by atoms with Crippen LogP contribution in [-0.4, -0.2) is 18.4 Å². The number of hydrogen-bond donors (Lipinski definition) is 0. The highest BCUT2D eigenvalue weighted by Gasteiger charge is 2.26. The van der Waals surface area contributed by atoms with Gasteiger partial charge in [-0.3, -0.25) is 4.79 Å². The zero-order chi connectivity index (χ0) is 20.8. The number of hydrogen-bond acceptors (Lipinski definition) is 4. The van der Waals surface area contributed by atoms with Gasteiger partial charge in [-0.1, -0.05) is 83.4 Å². The second kappa shape index (κ2) is 9.59. The lowest BCUT2D eigenvalue weighted by molar-refractivity contribution is -0.149. The summed E-state index contributed by atoms with van der Waals surface area (Å²) < 4.78 is 10.9. The fraction of sp³-hybridized carbons (Fsp3) is 0.130. The van der Waals surface area contributed by atoms with Gasteiger partial charge < -0.3 is 9.47 Å². The van der Waals surface area contributed by atoms with Gasteiger partial charge in [0.15, 0.2) is 12.7 Å².